The number of aryl methyl sites for hydroxylation is 1. The quantitative estimate of drug-likeness (QED) is 0.395. The van der Waals surface area contributed by atoms with Crippen LogP contribution in [0.2, 0.25) is 5.02 Å². The van der Waals surface area contributed by atoms with Gasteiger partial charge in [-0.15, -0.1) is 5.10 Å². The van der Waals surface area contributed by atoms with Gasteiger partial charge < -0.3 is 10.6 Å². The highest BCUT2D eigenvalue weighted by molar-refractivity contribution is 6.31. The lowest BCUT2D eigenvalue weighted by Crippen LogP contribution is -2.34. The number of aromatic nitrogens is 4. The van der Waals surface area contributed by atoms with E-state index in [1.165, 1.54) is 11.0 Å². The van der Waals surface area contributed by atoms with Crippen LogP contribution >= 0.6 is 11.6 Å². The third-order valence-electron chi connectivity index (χ3n) is 5.54. The summed E-state index contributed by atoms with van der Waals surface area (Å²) < 4.78 is 38.7. The summed E-state index contributed by atoms with van der Waals surface area (Å²) in [4.78, 5) is 23.7. The van der Waals surface area contributed by atoms with E-state index in [-0.39, 0.29) is 12.2 Å². The first-order valence-corrected chi connectivity index (χ1v) is 10.9. The van der Waals surface area contributed by atoms with Crippen LogP contribution in [0, 0.1) is 6.92 Å². The van der Waals surface area contributed by atoms with E-state index >= 15 is 0 Å². The minimum atomic E-state index is -4.61. The molecule has 0 spiro atoms. The molecular formula is C24H20ClF3N6O. The zero-order valence-corrected chi connectivity index (χ0v) is 19.5. The summed E-state index contributed by atoms with van der Waals surface area (Å²) in [6, 6.07) is 11.5. The van der Waals surface area contributed by atoms with Crippen molar-refractivity contribution in [2.45, 2.75) is 32.6 Å². The molecule has 180 valence electrons. The second-order valence-electron chi connectivity index (χ2n) is 7.99. The molecule has 0 bridgehead atoms. The second-order valence-corrected chi connectivity index (χ2v) is 8.39. The van der Waals surface area contributed by atoms with E-state index in [1.54, 1.807) is 43.5 Å². The average molecular weight is 501 g/mol. The number of carbonyl (C=O) groups excluding carboxylic acids is 1. The number of nitrogens with two attached hydrogens (primary N) is 1. The van der Waals surface area contributed by atoms with Gasteiger partial charge in [0.05, 0.1) is 34.5 Å². The molecule has 35 heavy (non-hydrogen) atoms. The fourth-order valence-corrected chi connectivity index (χ4v) is 3.88. The van der Waals surface area contributed by atoms with Gasteiger partial charge in [-0.2, -0.15) is 18.3 Å². The Balaban J connectivity index is 1.73. The summed E-state index contributed by atoms with van der Waals surface area (Å²) in [7, 11) is 0. The fraction of sp³-hybridized carbons (Fsp3) is 0.208. The van der Waals surface area contributed by atoms with Crippen LogP contribution in [-0.2, 0) is 12.7 Å². The van der Waals surface area contributed by atoms with E-state index in [2.05, 4.69) is 20.2 Å². The van der Waals surface area contributed by atoms with Gasteiger partial charge in [-0.05, 0) is 67.9 Å². The van der Waals surface area contributed by atoms with Gasteiger partial charge in [0.25, 0.3) is 5.91 Å². The number of fused-ring (bicyclic) bond motifs is 1. The number of nitrogens with zero attached hydrogens (tertiary/aromatic N) is 5. The summed E-state index contributed by atoms with van der Waals surface area (Å²) in [6.07, 6.45) is -3.07. The largest absolute Gasteiger partial charge is 0.435 e. The van der Waals surface area contributed by atoms with Gasteiger partial charge in [-0.3, -0.25) is 9.78 Å². The van der Waals surface area contributed by atoms with Gasteiger partial charge in [-0.1, -0.05) is 11.6 Å². The van der Waals surface area contributed by atoms with Gasteiger partial charge in [-0.25, -0.2) is 4.98 Å². The highest BCUT2D eigenvalue weighted by Crippen LogP contribution is 2.30. The lowest BCUT2D eigenvalue weighted by molar-refractivity contribution is -0.141. The molecule has 0 saturated heterocycles. The number of anilines is 1. The van der Waals surface area contributed by atoms with Gasteiger partial charge in [0.15, 0.2) is 5.69 Å². The van der Waals surface area contributed by atoms with Crippen LogP contribution in [0.15, 0.2) is 54.7 Å². The van der Waals surface area contributed by atoms with Crippen LogP contribution in [0.4, 0.5) is 19.0 Å². The number of rotatable bonds is 5. The zero-order valence-electron chi connectivity index (χ0n) is 18.7. The summed E-state index contributed by atoms with van der Waals surface area (Å²) >= 11 is 6.32. The van der Waals surface area contributed by atoms with Crippen molar-refractivity contribution in [2.75, 3.05) is 5.73 Å². The Hall–Kier alpha value is -3.79. The highest BCUT2D eigenvalue weighted by atomic mass is 35.5. The Morgan fingerprint density at radius 2 is 1.91 bits per heavy atom. The maximum atomic E-state index is 13.7. The van der Waals surface area contributed by atoms with Crippen molar-refractivity contribution < 1.29 is 18.0 Å². The Morgan fingerprint density at radius 3 is 2.57 bits per heavy atom. The predicted octanol–water partition coefficient (Wildman–Crippen LogP) is 5.39. The number of hydrogen-bond acceptors (Lipinski definition) is 6. The predicted molar refractivity (Wildman–Crippen MR) is 125 cm³/mol. The van der Waals surface area contributed by atoms with E-state index in [0.717, 1.165) is 17.0 Å². The molecular weight excluding hydrogens is 481 g/mol. The van der Waals surface area contributed by atoms with Crippen LogP contribution in [0.25, 0.3) is 10.9 Å². The lowest BCUT2D eigenvalue weighted by atomic mass is 10.1. The summed E-state index contributed by atoms with van der Waals surface area (Å²) in [5, 5.41) is 8.03. The molecule has 7 nitrogen and oxygen atoms in total. The maximum Gasteiger partial charge on any atom is 0.435 e. The van der Waals surface area contributed by atoms with Crippen molar-refractivity contribution in [3.05, 3.63) is 88.0 Å². The molecule has 4 rings (SSSR count). The summed E-state index contributed by atoms with van der Waals surface area (Å²) in [6.45, 7) is 3.43. The van der Waals surface area contributed by atoms with Gasteiger partial charge in [0.1, 0.15) is 5.82 Å². The number of alkyl halides is 3. The van der Waals surface area contributed by atoms with Crippen molar-refractivity contribution in [1.82, 2.24) is 25.1 Å². The number of halogens is 4. The van der Waals surface area contributed by atoms with Crippen LogP contribution < -0.4 is 5.73 Å². The second kappa shape index (κ2) is 9.46. The molecule has 0 fully saturated rings. The summed E-state index contributed by atoms with van der Waals surface area (Å²) in [5.41, 5.74) is 7.14. The smallest absolute Gasteiger partial charge is 0.383 e. The zero-order chi connectivity index (χ0) is 25.3. The molecule has 1 atom stereocenters. The van der Waals surface area contributed by atoms with E-state index in [4.69, 9.17) is 17.3 Å². The van der Waals surface area contributed by atoms with E-state index in [0.29, 0.717) is 27.6 Å². The standard InChI is InChI=1S/C24H20ClF3N6O/c1-13-10-16-11-15(5-7-19(16)31-22(13)29)23(35)34(14(2)21-18(25)4-3-9-30-21)12-17-6-8-20(33-32-17)24(26,27)28/h3-11,14H,12H2,1-2H3,(H2,29,31). The number of hydrogen-bond donors (Lipinski definition) is 1. The van der Waals surface area contributed by atoms with Crippen LogP contribution in [0.5, 0.6) is 0 Å². The molecule has 3 aromatic heterocycles. The minimum absolute atomic E-state index is 0.116. The lowest BCUT2D eigenvalue weighted by Gasteiger charge is -2.29. The van der Waals surface area contributed by atoms with Crippen LogP contribution in [0.3, 0.4) is 0 Å². The first-order valence-electron chi connectivity index (χ1n) is 10.5. The Morgan fingerprint density at radius 1 is 1.14 bits per heavy atom. The molecule has 1 unspecified atom stereocenters. The van der Waals surface area contributed by atoms with E-state index in [1.807, 2.05) is 13.0 Å². The van der Waals surface area contributed by atoms with Crippen LogP contribution in [0.1, 0.15) is 46.0 Å². The molecule has 0 aliphatic carbocycles. The molecule has 11 heteroatoms. The van der Waals surface area contributed by atoms with E-state index < -0.39 is 23.8 Å². The van der Waals surface area contributed by atoms with Crippen molar-refractivity contribution in [2.24, 2.45) is 0 Å². The third-order valence-corrected chi connectivity index (χ3v) is 5.86. The van der Waals surface area contributed by atoms with Crippen molar-refractivity contribution >= 4 is 34.2 Å². The summed E-state index contributed by atoms with van der Waals surface area (Å²) in [5.74, 6) is 0.00907. The van der Waals surface area contributed by atoms with Crippen molar-refractivity contribution in [1.29, 1.82) is 0 Å². The molecule has 1 aromatic carbocycles. The molecule has 0 radical (unpaired) electrons. The SMILES string of the molecule is Cc1cc2cc(C(=O)N(Cc3ccc(C(F)(F)F)nn3)C(C)c3ncccc3Cl)ccc2nc1N. The Labute approximate surface area is 203 Å². The Kier molecular flexibility index (Phi) is 6.58. The monoisotopic (exact) mass is 500 g/mol. The normalized spacial score (nSPS) is 12.5. The van der Waals surface area contributed by atoms with Crippen LogP contribution in [-0.4, -0.2) is 31.0 Å². The van der Waals surface area contributed by atoms with Gasteiger partial charge in [0.2, 0.25) is 0 Å². The van der Waals surface area contributed by atoms with Crippen molar-refractivity contribution in [3.63, 3.8) is 0 Å². The topological polar surface area (TPSA) is 97.9 Å². The molecule has 0 aliphatic rings. The minimum Gasteiger partial charge on any atom is -0.383 e. The molecule has 1 amide bonds. The number of amides is 1. The molecule has 3 heterocycles. The fourth-order valence-electron chi connectivity index (χ4n) is 3.60. The Bertz CT molecular complexity index is 1390. The maximum absolute atomic E-state index is 13.7. The third kappa shape index (κ3) is 5.17. The van der Waals surface area contributed by atoms with Gasteiger partial charge >= 0.3 is 6.18 Å². The van der Waals surface area contributed by atoms with Gasteiger partial charge in [0, 0.05) is 17.1 Å². The molecule has 0 aliphatic heterocycles. The number of pyridine rings is 2. The molecule has 4 aromatic rings. The first kappa shape index (κ1) is 24.3. The average Bonchev–Trinajstić information content (AvgIpc) is 2.82. The van der Waals surface area contributed by atoms with E-state index in [9.17, 15) is 18.0 Å². The number of benzene rings is 1. The first-order chi connectivity index (χ1) is 16.5. The highest BCUT2D eigenvalue weighted by Gasteiger charge is 2.33. The molecule has 0 saturated carbocycles. The van der Waals surface area contributed by atoms with Crippen molar-refractivity contribution in [3.8, 4) is 0 Å². The number of nitrogen functional groups attached to an aromatic ring is 1. The number of carbonyl (C=O) groups is 1. The molecule has 2 N–H and O–H groups in total.